The van der Waals surface area contributed by atoms with Crippen LogP contribution in [0.5, 0.6) is 0 Å². The molecule has 0 saturated heterocycles. The molecule has 0 bridgehead atoms. The molecule has 0 fully saturated rings. The van der Waals surface area contributed by atoms with Gasteiger partial charge in [0.1, 0.15) is 6.54 Å². The molecule has 0 amide bonds. The average molecular weight is 383 g/mol. The maximum absolute atomic E-state index is 6.36. The number of hydrogen-bond acceptors (Lipinski definition) is 1. The van der Waals surface area contributed by atoms with Gasteiger partial charge < -0.3 is 10.2 Å². The first-order valence-corrected chi connectivity index (χ1v) is 9.22. The van der Waals surface area contributed by atoms with Gasteiger partial charge >= 0.3 is 0 Å². The van der Waals surface area contributed by atoms with E-state index in [0.717, 1.165) is 22.0 Å². The molecule has 0 aliphatic heterocycles. The van der Waals surface area contributed by atoms with Crippen molar-refractivity contribution in [1.29, 1.82) is 0 Å². The van der Waals surface area contributed by atoms with E-state index < -0.39 is 0 Å². The SMILES string of the molecule is Cc1ccc(NC(=S)N(Cc2cccc[nH+]2)Cc2ccccc2Cl)cc1. The Balaban J connectivity index is 1.80. The van der Waals surface area contributed by atoms with Crippen LogP contribution in [0.4, 0.5) is 5.69 Å². The number of aromatic amines is 1. The highest BCUT2D eigenvalue weighted by Gasteiger charge is 2.16. The Morgan fingerprint density at radius 3 is 2.42 bits per heavy atom. The smallest absolute Gasteiger partial charge is 0.199 e. The molecule has 0 atom stereocenters. The topological polar surface area (TPSA) is 29.4 Å². The van der Waals surface area contributed by atoms with Crippen molar-refractivity contribution in [2.75, 3.05) is 5.32 Å². The fourth-order valence-electron chi connectivity index (χ4n) is 2.61. The molecule has 0 spiro atoms. The molecule has 3 aromatic rings. The number of nitrogens with one attached hydrogen (secondary N) is 2. The van der Waals surface area contributed by atoms with Crippen molar-refractivity contribution >= 4 is 34.6 Å². The third-order valence-corrected chi connectivity index (χ3v) is 4.77. The maximum Gasteiger partial charge on any atom is 0.199 e. The first-order chi connectivity index (χ1) is 12.6. The summed E-state index contributed by atoms with van der Waals surface area (Å²) in [5, 5.41) is 4.73. The highest BCUT2D eigenvalue weighted by molar-refractivity contribution is 7.80. The van der Waals surface area contributed by atoms with Crippen molar-refractivity contribution in [3.05, 3.63) is 94.8 Å². The minimum absolute atomic E-state index is 0.625. The second kappa shape index (κ2) is 8.79. The molecular formula is C21H21ClN3S+. The standard InChI is InChI=1S/C21H20ClN3S/c1-16-9-11-18(12-10-16)24-21(26)25(15-19-7-4-5-13-23-19)14-17-6-2-3-8-20(17)22/h2-13H,14-15H2,1H3,(H,24,26)/p+1. The van der Waals surface area contributed by atoms with Gasteiger partial charge in [0.15, 0.2) is 17.0 Å². The number of rotatable bonds is 5. The molecule has 3 nitrogen and oxygen atoms in total. The summed E-state index contributed by atoms with van der Waals surface area (Å²) in [4.78, 5) is 5.36. The van der Waals surface area contributed by atoms with Gasteiger partial charge in [0.25, 0.3) is 0 Å². The van der Waals surface area contributed by atoms with Gasteiger partial charge in [-0.1, -0.05) is 53.6 Å². The van der Waals surface area contributed by atoms with E-state index in [4.69, 9.17) is 23.8 Å². The van der Waals surface area contributed by atoms with Crippen LogP contribution in [0, 0.1) is 6.92 Å². The van der Waals surface area contributed by atoms with Crippen molar-refractivity contribution in [2.24, 2.45) is 0 Å². The zero-order valence-corrected chi connectivity index (χ0v) is 16.1. The molecule has 2 N–H and O–H groups in total. The predicted molar refractivity (Wildman–Crippen MR) is 111 cm³/mol. The molecule has 1 aromatic heterocycles. The Kier molecular flexibility index (Phi) is 6.21. The number of aromatic nitrogens is 1. The van der Waals surface area contributed by atoms with Crippen LogP contribution in [0.25, 0.3) is 0 Å². The van der Waals surface area contributed by atoms with Gasteiger partial charge in [-0.3, -0.25) is 0 Å². The van der Waals surface area contributed by atoms with E-state index in [-0.39, 0.29) is 0 Å². The lowest BCUT2D eigenvalue weighted by Crippen LogP contribution is -2.35. The molecule has 132 valence electrons. The van der Waals surface area contributed by atoms with Gasteiger partial charge in [0.2, 0.25) is 0 Å². The van der Waals surface area contributed by atoms with Gasteiger partial charge in [0, 0.05) is 29.4 Å². The number of H-pyrrole nitrogens is 1. The quantitative estimate of drug-likeness (QED) is 0.639. The second-order valence-corrected chi connectivity index (χ2v) is 6.93. The van der Waals surface area contributed by atoms with Crippen LogP contribution in [0.3, 0.4) is 0 Å². The normalized spacial score (nSPS) is 10.4. The molecule has 2 aromatic carbocycles. The fraction of sp³-hybridized carbons (Fsp3) is 0.143. The number of aryl methyl sites for hydroxylation is 1. The summed E-state index contributed by atoms with van der Waals surface area (Å²) in [5.74, 6) is 0. The highest BCUT2D eigenvalue weighted by Crippen LogP contribution is 2.19. The Bertz CT molecular complexity index is 866. The predicted octanol–water partition coefficient (Wildman–Crippen LogP) is 4.86. The summed E-state index contributed by atoms with van der Waals surface area (Å²) in [6.45, 7) is 3.35. The Labute approximate surface area is 164 Å². The fourth-order valence-corrected chi connectivity index (χ4v) is 3.05. The summed E-state index contributed by atoms with van der Waals surface area (Å²) in [5.41, 5.74) is 4.31. The number of thiocarbonyl (C=S) groups is 1. The first kappa shape index (κ1) is 18.4. The van der Waals surface area contributed by atoms with E-state index in [2.05, 4.69) is 34.3 Å². The van der Waals surface area contributed by atoms with Crippen LogP contribution >= 0.6 is 23.8 Å². The minimum atomic E-state index is 0.625. The van der Waals surface area contributed by atoms with Crippen molar-refractivity contribution in [1.82, 2.24) is 4.90 Å². The summed E-state index contributed by atoms with van der Waals surface area (Å²) in [7, 11) is 0. The van der Waals surface area contributed by atoms with E-state index >= 15 is 0 Å². The Morgan fingerprint density at radius 2 is 1.73 bits per heavy atom. The van der Waals surface area contributed by atoms with Gasteiger partial charge in [0.05, 0.1) is 0 Å². The zero-order valence-electron chi connectivity index (χ0n) is 14.6. The third-order valence-electron chi connectivity index (χ3n) is 4.04. The number of hydrogen-bond donors (Lipinski definition) is 1. The van der Waals surface area contributed by atoms with E-state index in [9.17, 15) is 0 Å². The number of anilines is 1. The molecule has 5 heteroatoms. The molecule has 1 heterocycles. The lowest BCUT2D eigenvalue weighted by Gasteiger charge is -2.25. The number of halogens is 1. The first-order valence-electron chi connectivity index (χ1n) is 8.43. The maximum atomic E-state index is 6.36. The summed E-state index contributed by atoms with van der Waals surface area (Å²) in [6, 6.07) is 22.1. The van der Waals surface area contributed by atoms with Crippen molar-refractivity contribution < 1.29 is 4.98 Å². The van der Waals surface area contributed by atoms with Crippen molar-refractivity contribution in [2.45, 2.75) is 20.0 Å². The Hall–Kier alpha value is -2.43. The summed E-state index contributed by atoms with van der Waals surface area (Å²) < 4.78 is 0. The lowest BCUT2D eigenvalue weighted by molar-refractivity contribution is -0.392. The highest BCUT2D eigenvalue weighted by atomic mass is 35.5. The molecule has 0 aliphatic carbocycles. The zero-order chi connectivity index (χ0) is 18.4. The van der Waals surface area contributed by atoms with Crippen molar-refractivity contribution in [3.63, 3.8) is 0 Å². The van der Waals surface area contributed by atoms with Crippen LogP contribution in [-0.4, -0.2) is 10.0 Å². The van der Waals surface area contributed by atoms with E-state index in [0.29, 0.717) is 18.2 Å². The van der Waals surface area contributed by atoms with Gasteiger partial charge in [-0.15, -0.1) is 0 Å². The van der Waals surface area contributed by atoms with E-state index in [1.807, 2.05) is 60.8 Å². The molecule has 0 radical (unpaired) electrons. The van der Waals surface area contributed by atoms with E-state index in [1.54, 1.807) is 0 Å². The monoisotopic (exact) mass is 382 g/mol. The summed E-state index contributed by atoms with van der Waals surface area (Å²) >= 11 is 12.0. The van der Waals surface area contributed by atoms with Crippen LogP contribution in [0.2, 0.25) is 5.02 Å². The molecule has 3 rings (SSSR count). The molecule has 26 heavy (non-hydrogen) atoms. The molecule has 0 saturated carbocycles. The number of benzene rings is 2. The van der Waals surface area contributed by atoms with Gasteiger partial charge in [-0.2, -0.15) is 0 Å². The van der Waals surface area contributed by atoms with Crippen molar-refractivity contribution in [3.8, 4) is 0 Å². The largest absolute Gasteiger partial charge is 0.334 e. The summed E-state index contributed by atoms with van der Waals surface area (Å²) in [6.07, 6.45) is 1.92. The third kappa shape index (κ3) is 5.04. The Morgan fingerprint density at radius 1 is 1.00 bits per heavy atom. The van der Waals surface area contributed by atoms with Crippen LogP contribution in [0.15, 0.2) is 72.9 Å². The molecule has 0 unspecified atom stereocenters. The number of nitrogens with zero attached hydrogens (tertiary/aromatic N) is 1. The van der Waals surface area contributed by atoms with Crippen LogP contribution < -0.4 is 10.3 Å². The second-order valence-electron chi connectivity index (χ2n) is 6.13. The van der Waals surface area contributed by atoms with Gasteiger partial charge in [-0.05, 0) is 42.9 Å². The lowest BCUT2D eigenvalue weighted by atomic mass is 10.2. The number of pyridine rings is 1. The molecular weight excluding hydrogens is 362 g/mol. The van der Waals surface area contributed by atoms with Crippen LogP contribution in [0.1, 0.15) is 16.8 Å². The van der Waals surface area contributed by atoms with Crippen LogP contribution in [-0.2, 0) is 13.1 Å². The van der Waals surface area contributed by atoms with E-state index in [1.165, 1.54) is 5.56 Å². The minimum Gasteiger partial charge on any atom is -0.334 e. The molecule has 0 aliphatic rings. The van der Waals surface area contributed by atoms with Gasteiger partial charge in [-0.25, -0.2) is 4.98 Å². The average Bonchev–Trinajstić information content (AvgIpc) is 2.65.